The Morgan fingerprint density at radius 1 is 1.30 bits per heavy atom. The van der Waals surface area contributed by atoms with Gasteiger partial charge in [-0.05, 0) is 18.4 Å². The van der Waals surface area contributed by atoms with Gasteiger partial charge in [0.2, 0.25) is 0 Å². The van der Waals surface area contributed by atoms with Gasteiger partial charge in [-0.1, -0.05) is 59.6 Å². The number of hydrogen-bond donors (Lipinski definition) is 0. The smallest absolute Gasteiger partial charge is 0.138 e. The Bertz CT molecular complexity index is 548. The predicted octanol–water partition coefficient (Wildman–Crippen LogP) is 3.96. The summed E-state index contributed by atoms with van der Waals surface area (Å²) in [5.41, 5.74) is 2.66. The molecule has 108 valence electrons. The SMILES string of the molecule is Cc1cccc(C(CBr)Cc2ncnn2CC(C)C)c1. The zero-order valence-corrected chi connectivity index (χ0v) is 14.0. The number of hydrogen-bond acceptors (Lipinski definition) is 2. The van der Waals surface area contributed by atoms with E-state index in [2.05, 4.69) is 71.0 Å². The van der Waals surface area contributed by atoms with E-state index in [1.165, 1.54) is 11.1 Å². The quantitative estimate of drug-likeness (QED) is 0.748. The molecular formula is C16H22BrN3. The lowest BCUT2D eigenvalue weighted by Gasteiger charge is -2.16. The molecule has 0 N–H and O–H groups in total. The van der Waals surface area contributed by atoms with Crippen LogP contribution in [0.15, 0.2) is 30.6 Å². The van der Waals surface area contributed by atoms with Gasteiger partial charge in [0.05, 0.1) is 0 Å². The lowest BCUT2D eigenvalue weighted by molar-refractivity contribution is 0.461. The number of alkyl halides is 1. The number of nitrogens with zero attached hydrogens (tertiary/aromatic N) is 3. The van der Waals surface area contributed by atoms with Gasteiger partial charge in [-0.2, -0.15) is 5.10 Å². The molecule has 0 saturated heterocycles. The molecule has 0 aliphatic rings. The van der Waals surface area contributed by atoms with Crippen molar-refractivity contribution < 1.29 is 0 Å². The summed E-state index contributed by atoms with van der Waals surface area (Å²) in [6.45, 7) is 7.47. The molecular weight excluding hydrogens is 314 g/mol. The lowest BCUT2D eigenvalue weighted by atomic mass is 9.96. The van der Waals surface area contributed by atoms with Crippen LogP contribution in [-0.2, 0) is 13.0 Å². The summed E-state index contributed by atoms with van der Waals surface area (Å²) < 4.78 is 2.04. The van der Waals surface area contributed by atoms with Crippen LogP contribution in [0.3, 0.4) is 0 Å². The molecule has 0 aliphatic carbocycles. The predicted molar refractivity (Wildman–Crippen MR) is 86.3 cm³/mol. The fourth-order valence-corrected chi connectivity index (χ4v) is 2.95. The van der Waals surface area contributed by atoms with E-state index in [9.17, 15) is 0 Å². The molecule has 0 spiro atoms. The Kier molecular flexibility index (Phi) is 5.35. The van der Waals surface area contributed by atoms with Crippen molar-refractivity contribution in [3.05, 3.63) is 47.5 Å². The van der Waals surface area contributed by atoms with Gasteiger partial charge in [0.25, 0.3) is 0 Å². The van der Waals surface area contributed by atoms with Crippen LogP contribution in [0.5, 0.6) is 0 Å². The summed E-state index contributed by atoms with van der Waals surface area (Å²) in [5, 5.41) is 5.28. The maximum Gasteiger partial charge on any atom is 0.138 e. The van der Waals surface area contributed by atoms with Crippen molar-refractivity contribution >= 4 is 15.9 Å². The molecule has 1 aromatic carbocycles. The molecule has 1 unspecified atom stereocenters. The zero-order valence-electron chi connectivity index (χ0n) is 12.4. The van der Waals surface area contributed by atoms with Gasteiger partial charge < -0.3 is 0 Å². The minimum atomic E-state index is 0.435. The standard InChI is InChI=1S/C16H22BrN3/c1-12(2)10-20-16(18-11-19-20)8-15(9-17)14-6-4-5-13(3)7-14/h4-7,11-12,15H,8-10H2,1-3H3. The molecule has 1 aromatic heterocycles. The second-order valence-corrected chi connectivity index (χ2v) is 6.37. The molecule has 1 heterocycles. The van der Waals surface area contributed by atoms with Gasteiger partial charge >= 0.3 is 0 Å². The molecule has 20 heavy (non-hydrogen) atoms. The third-order valence-corrected chi connectivity index (χ3v) is 4.14. The highest BCUT2D eigenvalue weighted by molar-refractivity contribution is 9.09. The number of aromatic nitrogens is 3. The Balaban J connectivity index is 2.16. The first kappa shape index (κ1) is 15.2. The van der Waals surface area contributed by atoms with E-state index in [0.29, 0.717) is 11.8 Å². The fourth-order valence-electron chi connectivity index (χ4n) is 2.35. The highest BCUT2D eigenvalue weighted by Crippen LogP contribution is 2.23. The van der Waals surface area contributed by atoms with Crippen LogP contribution in [0, 0.1) is 12.8 Å². The van der Waals surface area contributed by atoms with Gasteiger partial charge in [-0.15, -0.1) is 0 Å². The van der Waals surface area contributed by atoms with Crippen molar-refractivity contribution in [1.82, 2.24) is 14.8 Å². The summed E-state index contributed by atoms with van der Waals surface area (Å²) in [6, 6.07) is 8.71. The van der Waals surface area contributed by atoms with E-state index in [0.717, 1.165) is 24.1 Å². The minimum absolute atomic E-state index is 0.435. The molecule has 0 aliphatic heterocycles. The van der Waals surface area contributed by atoms with Crippen molar-refractivity contribution in [3.63, 3.8) is 0 Å². The lowest BCUT2D eigenvalue weighted by Crippen LogP contribution is -2.14. The van der Waals surface area contributed by atoms with Crippen LogP contribution < -0.4 is 0 Å². The molecule has 3 nitrogen and oxygen atoms in total. The van der Waals surface area contributed by atoms with E-state index in [4.69, 9.17) is 0 Å². The van der Waals surface area contributed by atoms with Crippen molar-refractivity contribution in [1.29, 1.82) is 0 Å². The summed E-state index contributed by atoms with van der Waals surface area (Å²) in [7, 11) is 0. The molecule has 2 rings (SSSR count). The maximum absolute atomic E-state index is 4.44. The summed E-state index contributed by atoms with van der Waals surface area (Å²) >= 11 is 3.64. The van der Waals surface area contributed by atoms with Gasteiger partial charge in [-0.3, -0.25) is 0 Å². The first-order valence-corrected chi connectivity index (χ1v) is 8.21. The number of rotatable bonds is 6. The van der Waals surface area contributed by atoms with E-state index in [1.807, 2.05) is 4.68 Å². The molecule has 0 fully saturated rings. The highest BCUT2D eigenvalue weighted by atomic mass is 79.9. The van der Waals surface area contributed by atoms with Crippen LogP contribution in [0.4, 0.5) is 0 Å². The molecule has 0 bridgehead atoms. The van der Waals surface area contributed by atoms with Gasteiger partial charge in [0.1, 0.15) is 12.2 Å². The topological polar surface area (TPSA) is 30.7 Å². The summed E-state index contributed by atoms with van der Waals surface area (Å²) in [6.07, 6.45) is 2.58. The van der Waals surface area contributed by atoms with Crippen LogP contribution in [-0.4, -0.2) is 20.1 Å². The summed E-state index contributed by atoms with van der Waals surface area (Å²) in [5.74, 6) is 2.09. The van der Waals surface area contributed by atoms with Crippen molar-refractivity contribution in [2.75, 3.05) is 5.33 Å². The van der Waals surface area contributed by atoms with Crippen molar-refractivity contribution in [2.45, 2.75) is 39.7 Å². The molecule has 2 aromatic rings. The van der Waals surface area contributed by atoms with Crippen LogP contribution in [0.1, 0.15) is 36.7 Å². The van der Waals surface area contributed by atoms with E-state index in [1.54, 1.807) is 6.33 Å². The molecule has 0 amide bonds. The van der Waals surface area contributed by atoms with Gasteiger partial charge in [0, 0.05) is 24.2 Å². The second-order valence-electron chi connectivity index (χ2n) is 5.72. The molecule has 1 atom stereocenters. The number of halogens is 1. The number of aryl methyl sites for hydroxylation is 1. The van der Waals surface area contributed by atoms with Crippen LogP contribution in [0.25, 0.3) is 0 Å². The average molecular weight is 336 g/mol. The summed E-state index contributed by atoms with van der Waals surface area (Å²) in [4.78, 5) is 4.44. The van der Waals surface area contributed by atoms with Gasteiger partial charge in [-0.25, -0.2) is 9.67 Å². The molecule has 0 saturated carbocycles. The molecule has 4 heteroatoms. The third-order valence-electron chi connectivity index (χ3n) is 3.36. The van der Waals surface area contributed by atoms with E-state index < -0.39 is 0 Å². The van der Waals surface area contributed by atoms with Crippen LogP contribution >= 0.6 is 15.9 Å². The van der Waals surface area contributed by atoms with Crippen molar-refractivity contribution in [2.24, 2.45) is 5.92 Å². The first-order valence-electron chi connectivity index (χ1n) is 7.09. The highest BCUT2D eigenvalue weighted by Gasteiger charge is 2.15. The van der Waals surface area contributed by atoms with Gasteiger partial charge in [0.15, 0.2) is 0 Å². The fraction of sp³-hybridized carbons (Fsp3) is 0.500. The minimum Gasteiger partial charge on any atom is -0.250 e. The second kappa shape index (κ2) is 7.02. The third kappa shape index (κ3) is 3.92. The maximum atomic E-state index is 4.44. The Labute approximate surface area is 129 Å². The Morgan fingerprint density at radius 2 is 2.10 bits per heavy atom. The average Bonchev–Trinajstić information content (AvgIpc) is 2.82. The Morgan fingerprint density at radius 3 is 2.75 bits per heavy atom. The Hall–Kier alpha value is -1.16. The normalized spacial score (nSPS) is 12.8. The first-order chi connectivity index (χ1) is 9.60. The largest absolute Gasteiger partial charge is 0.250 e. The van der Waals surface area contributed by atoms with E-state index in [-0.39, 0.29) is 0 Å². The number of benzene rings is 1. The van der Waals surface area contributed by atoms with Crippen molar-refractivity contribution in [3.8, 4) is 0 Å². The van der Waals surface area contributed by atoms with Crippen LogP contribution in [0.2, 0.25) is 0 Å². The molecule has 0 radical (unpaired) electrons. The monoisotopic (exact) mass is 335 g/mol. The van der Waals surface area contributed by atoms with E-state index >= 15 is 0 Å². The zero-order chi connectivity index (χ0) is 14.5.